The Balaban J connectivity index is 1.53. The summed E-state index contributed by atoms with van der Waals surface area (Å²) in [4.78, 5) is 12.2. The predicted octanol–water partition coefficient (Wildman–Crippen LogP) is 3.15. The van der Waals surface area contributed by atoms with Gasteiger partial charge in [0.25, 0.3) is 0 Å². The van der Waals surface area contributed by atoms with E-state index in [1.165, 1.54) is 12.0 Å². The molecule has 0 spiro atoms. The second kappa shape index (κ2) is 5.66. The highest BCUT2D eigenvalue weighted by Crippen LogP contribution is 2.54. The second-order valence-corrected chi connectivity index (χ2v) is 6.62. The predicted molar refractivity (Wildman–Crippen MR) is 80.2 cm³/mol. The molecule has 0 saturated heterocycles. The van der Waals surface area contributed by atoms with Crippen LogP contribution in [0.4, 0.5) is 0 Å². The Morgan fingerprint density at radius 3 is 2.53 bits per heavy atom. The van der Waals surface area contributed by atoms with Crippen molar-refractivity contribution in [1.82, 2.24) is 5.32 Å². The van der Waals surface area contributed by atoms with Crippen LogP contribution in [-0.4, -0.2) is 17.3 Å². The van der Waals surface area contributed by atoms with Crippen molar-refractivity contribution in [3.8, 4) is 0 Å². The lowest BCUT2D eigenvalue weighted by molar-refractivity contribution is -0.125. The molecule has 0 bridgehead atoms. The summed E-state index contributed by atoms with van der Waals surface area (Å²) in [6.07, 6.45) is 4.51. The third kappa shape index (κ3) is 3.19. The van der Waals surface area contributed by atoms with Crippen molar-refractivity contribution in [3.63, 3.8) is 0 Å². The van der Waals surface area contributed by atoms with Crippen LogP contribution in [0.5, 0.6) is 0 Å². The fourth-order valence-corrected chi connectivity index (χ4v) is 3.68. The van der Waals surface area contributed by atoms with Crippen molar-refractivity contribution in [2.45, 2.75) is 31.7 Å². The van der Waals surface area contributed by atoms with E-state index in [9.17, 15) is 4.79 Å². The molecule has 3 rings (SSSR count). The third-order valence-corrected chi connectivity index (χ3v) is 5.25. The van der Waals surface area contributed by atoms with Gasteiger partial charge in [-0.25, -0.2) is 0 Å². The van der Waals surface area contributed by atoms with Crippen LogP contribution in [0.2, 0.25) is 0 Å². The molecule has 102 valence electrons. The number of carbonyl (C=O) groups is 1. The van der Waals surface area contributed by atoms with Crippen molar-refractivity contribution in [2.24, 2.45) is 17.8 Å². The van der Waals surface area contributed by atoms with Crippen molar-refractivity contribution < 1.29 is 4.79 Å². The van der Waals surface area contributed by atoms with Crippen LogP contribution >= 0.6 is 15.9 Å². The number of halogens is 1. The van der Waals surface area contributed by atoms with Crippen LogP contribution in [0.25, 0.3) is 0 Å². The van der Waals surface area contributed by atoms with Gasteiger partial charge in [-0.2, -0.15) is 0 Å². The molecule has 1 aromatic carbocycles. The van der Waals surface area contributed by atoms with Crippen molar-refractivity contribution in [1.29, 1.82) is 0 Å². The zero-order valence-electron chi connectivity index (χ0n) is 11.0. The standard InChI is InChI=1S/C16H20BrNO/c17-10-15(6-11-4-2-1-3-5-11)18-16(19)14-8-12-7-13(12)9-14/h1-5,12-15H,6-10H2,(H,18,19). The van der Waals surface area contributed by atoms with Gasteiger partial charge in [-0.05, 0) is 43.1 Å². The molecule has 0 radical (unpaired) electrons. The van der Waals surface area contributed by atoms with Crippen LogP contribution in [0, 0.1) is 17.8 Å². The van der Waals surface area contributed by atoms with Gasteiger partial charge in [0, 0.05) is 17.3 Å². The lowest BCUT2D eigenvalue weighted by atomic mass is 10.0. The molecule has 3 heteroatoms. The van der Waals surface area contributed by atoms with Crippen LogP contribution < -0.4 is 5.32 Å². The molecule has 2 nitrogen and oxygen atoms in total. The molecule has 1 amide bonds. The average molecular weight is 322 g/mol. The lowest BCUT2D eigenvalue weighted by Gasteiger charge is -2.19. The zero-order chi connectivity index (χ0) is 13.2. The number of carbonyl (C=O) groups excluding carboxylic acids is 1. The second-order valence-electron chi connectivity index (χ2n) is 5.97. The quantitative estimate of drug-likeness (QED) is 0.829. The number of benzene rings is 1. The lowest BCUT2D eigenvalue weighted by Crippen LogP contribution is -2.40. The van der Waals surface area contributed by atoms with Gasteiger partial charge in [-0.15, -0.1) is 0 Å². The van der Waals surface area contributed by atoms with Gasteiger partial charge in [0.05, 0.1) is 0 Å². The Morgan fingerprint density at radius 2 is 1.89 bits per heavy atom. The van der Waals surface area contributed by atoms with E-state index >= 15 is 0 Å². The van der Waals surface area contributed by atoms with Crippen molar-refractivity contribution >= 4 is 21.8 Å². The highest BCUT2D eigenvalue weighted by Gasteiger charge is 2.48. The Labute approximate surface area is 123 Å². The molecule has 1 aromatic rings. The minimum absolute atomic E-state index is 0.201. The molecule has 0 aliphatic heterocycles. The van der Waals surface area contributed by atoms with E-state index in [4.69, 9.17) is 0 Å². The first kappa shape index (κ1) is 13.2. The van der Waals surface area contributed by atoms with E-state index in [2.05, 4.69) is 33.4 Å². The third-order valence-electron chi connectivity index (χ3n) is 4.47. The number of fused-ring (bicyclic) bond motifs is 1. The van der Waals surface area contributed by atoms with Crippen LogP contribution in [0.15, 0.2) is 30.3 Å². The SMILES string of the molecule is O=C(NC(CBr)Cc1ccccc1)C1CC2CC2C1. The molecule has 2 aliphatic rings. The minimum Gasteiger partial charge on any atom is -0.352 e. The van der Waals surface area contributed by atoms with E-state index in [1.807, 2.05) is 18.2 Å². The first-order valence-corrected chi connectivity index (χ1v) is 8.28. The summed E-state index contributed by atoms with van der Waals surface area (Å²) in [5.74, 6) is 2.29. The van der Waals surface area contributed by atoms with Gasteiger partial charge in [0.15, 0.2) is 0 Å². The van der Waals surface area contributed by atoms with Crippen molar-refractivity contribution in [2.75, 3.05) is 5.33 Å². The molecule has 2 saturated carbocycles. The molecule has 1 N–H and O–H groups in total. The molecule has 2 fully saturated rings. The minimum atomic E-state index is 0.201. The Morgan fingerprint density at radius 1 is 1.21 bits per heavy atom. The average Bonchev–Trinajstić information content (AvgIpc) is 3.05. The molecule has 0 heterocycles. The molecule has 0 aromatic heterocycles. The fraction of sp³-hybridized carbons (Fsp3) is 0.562. The van der Waals surface area contributed by atoms with Gasteiger partial charge < -0.3 is 5.32 Å². The Hall–Kier alpha value is -0.830. The topological polar surface area (TPSA) is 29.1 Å². The number of rotatable bonds is 5. The van der Waals surface area contributed by atoms with Gasteiger partial charge >= 0.3 is 0 Å². The number of amides is 1. The zero-order valence-corrected chi connectivity index (χ0v) is 12.6. The first-order valence-electron chi connectivity index (χ1n) is 7.16. The van der Waals surface area contributed by atoms with Crippen LogP contribution in [-0.2, 0) is 11.2 Å². The Kier molecular flexibility index (Phi) is 3.92. The normalized spacial score (nSPS) is 29.6. The maximum atomic E-state index is 12.2. The summed E-state index contributed by atoms with van der Waals surface area (Å²) < 4.78 is 0. The Bertz CT molecular complexity index is 437. The highest BCUT2D eigenvalue weighted by molar-refractivity contribution is 9.09. The summed E-state index contributed by atoms with van der Waals surface area (Å²) in [6, 6.07) is 10.6. The fourth-order valence-electron chi connectivity index (χ4n) is 3.29. The maximum Gasteiger partial charge on any atom is 0.223 e. The molecular formula is C16H20BrNO. The molecular weight excluding hydrogens is 302 g/mol. The van der Waals surface area contributed by atoms with Crippen LogP contribution in [0.3, 0.4) is 0 Å². The summed E-state index contributed by atoms with van der Waals surface area (Å²) in [5.41, 5.74) is 1.28. The van der Waals surface area contributed by atoms with E-state index in [-0.39, 0.29) is 17.9 Å². The summed E-state index contributed by atoms with van der Waals surface area (Å²) in [7, 11) is 0. The molecule has 3 atom stereocenters. The van der Waals surface area contributed by atoms with Gasteiger partial charge in [0.2, 0.25) is 5.91 Å². The largest absolute Gasteiger partial charge is 0.352 e. The first-order chi connectivity index (χ1) is 9.26. The maximum absolute atomic E-state index is 12.2. The van der Waals surface area contributed by atoms with Gasteiger partial charge in [0.1, 0.15) is 0 Å². The summed E-state index contributed by atoms with van der Waals surface area (Å²) in [5, 5.41) is 4.03. The number of nitrogens with one attached hydrogen (secondary N) is 1. The monoisotopic (exact) mass is 321 g/mol. The van der Waals surface area contributed by atoms with Gasteiger partial charge in [-0.1, -0.05) is 46.3 Å². The summed E-state index contributed by atoms with van der Waals surface area (Å²) >= 11 is 3.52. The number of alkyl halides is 1. The molecule has 3 unspecified atom stereocenters. The molecule has 2 aliphatic carbocycles. The summed E-state index contributed by atoms with van der Waals surface area (Å²) in [6.45, 7) is 0. The molecule has 19 heavy (non-hydrogen) atoms. The van der Waals surface area contributed by atoms with E-state index in [0.717, 1.165) is 36.4 Å². The van der Waals surface area contributed by atoms with E-state index in [0.29, 0.717) is 0 Å². The number of hydrogen-bond donors (Lipinski definition) is 1. The van der Waals surface area contributed by atoms with Gasteiger partial charge in [-0.3, -0.25) is 4.79 Å². The van der Waals surface area contributed by atoms with Crippen molar-refractivity contribution in [3.05, 3.63) is 35.9 Å². The number of hydrogen-bond acceptors (Lipinski definition) is 1. The van der Waals surface area contributed by atoms with Crippen LogP contribution in [0.1, 0.15) is 24.8 Å². The van der Waals surface area contributed by atoms with E-state index in [1.54, 1.807) is 0 Å². The highest BCUT2D eigenvalue weighted by atomic mass is 79.9. The van der Waals surface area contributed by atoms with E-state index < -0.39 is 0 Å². The smallest absolute Gasteiger partial charge is 0.223 e.